The van der Waals surface area contributed by atoms with E-state index >= 15 is 0 Å². The number of aromatic nitrogens is 4. The first-order chi connectivity index (χ1) is 7.22. The van der Waals surface area contributed by atoms with Crippen molar-refractivity contribution in [2.45, 2.75) is 0 Å². The van der Waals surface area contributed by atoms with Gasteiger partial charge in [-0.05, 0) is 0 Å². The molecule has 2 heterocycles. The molecule has 6 nitrogen and oxygen atoms in total. The minimum atomic E-state index is -0.876. The number of nitrogens with one attached hydrogen (secondary N) is 1. The standard InChI is InChI=1S/C7H6F2N6/c8-4-1-5(9)7(13-6(4)14-10)15-3-11-2-12-15/h1-3H,10H2,(H,13,14). The van der Waals surface area contributed by atoms with Crippen LogP contribution in [-0.4, -0.2) is 19.7 Å². The van der Waals surface area contributed by atoms with Crippen molar-refractivity contribution < 1.29 is 8.78 Å². The average Bonchev–Trinajstić information content (AvgIpc) is 2.71. The molecule has 0 amide bonds. The van der Waals surface area contributed by atoms with Crippen LogP contribution in [0.15, 0.2) is 18.7 Å². The smallest absolute Gasteiger partial charge is 0.193 e. The zero-order chi connectivity index (χ0) is 10.8. The Labute approximate surface area is 82.7 Å². The summed E-state index contributed by atoms with van der Waals surface area (Å²) in [5.74, 6) is 2.84. The number of hydrogen-bond acceptors (Lipinski definition) is 5. The van der Waals surface area contributed by atoms with Crippen LogP contribution >= 0.6 is 0 Å². The highest BCUT2D eigenvalue weighted by atomic mass is 19.1. The van der Waals surface area contributed by atoms with Crippen LogP contribution in [0.1, 0.15) is 0 Å². The number of nitrogens with zero attached hydrogens (tertiary/aromatic N) is 4. The number of pyridine rings is 1. The molecule has 0 atom stereocenters. The minimum absolute atomic E-state index is 0.179. The summed E-state index contributed by atoms with van der Waals surface area (Å²) >= 11 is 0. The predicted octanol–water partition coefficient (Wildman–Crippen LogP) is 0.226. The molecular formula is C7H6F2N6. The molecule has 78 valence electrons. The van der Waals surface area contributed by atoms with Gasteiger partial charge in [-0.1, -0.05) is 0 Å². The number of hydrazine groups is 1. The first-order valence-corrected chi connectivity index (χ1v) is 3.90. The molecule has 15 heavy (non-hydrogen) atoms. The monoisotopic (exact) mass is 212 g/mol. The van der Waals surface area contributed by atoms with Crippen LogP contribution in [-0.2, 0) is 0 Å². The first kappa shape index (κ1) is 9.46. The topological polar surface area (TPSA) is 81.6 Å². The van der Waals surface area contributed by atoms with Crippen molar-refractivity contribution in [2.24, 2.45) is 5.84 Å². The Morgan fingerprint density at radius 1 is 1.33 bits per heavy atom. The largest absolute Gasteiger partial charge is 0.306 e. The van der Waals surface area contributed by atoms with E-state index in [1.54, 1.807) is 0 Å². The molecule has 0 aromatic carbocycles. The van der Waals surface area contributed by atoms with Gasteiger partial charge < -0.3 is 5.43 Å². The Hall–Kier alpha value is -2.09. The van der Waals surface area contributed by atoms with Gasteiger partial charge in [0.1, 0.15) is 12.7 Å². The molecule has 0 fully saturated rings. The molecule has 2 aromatic heterocycles. The molecule has 2 aromatic rings. The Kier molecular flexibility index (Phi) is 2.26. The molecule has 0 saturated carbocycles. The third-order valence-corrected chi connectivity index (χ3v) is 1.68. The average molecular weight is 212 g/mol. The Balaban J connectivity index is 2.57. The lowest BCUT2D eigenvalue weighted by Crippen LogP contribution is -2.13. The van der Waals surface area contributed by atoms with Gasteiger partial charge in [0, 0.05) is 6.07 Å². The second kappa shape index (κ2) is 3.58. The maximum Gasteiger partial charge on any atom is 0.193 e. The van der Waals surface area contributed by atoms with E-state index in [9.17, 15) is 8.78 Å². The van der Waals surface area contributed by atoms with Gasteiger partial charge in [0.15, 0.2) is 23.3 Å². The lowest BCUT2D eigenvalue weighted by atomic mass is 10.4. The van der Waals surface area contributed by atoms with E-state index in [-0.39, 0.29) is 11.6 Å². The Morgan fingerprint density at radius 2 is 2.13 bits per heavy atom. The predicted molar refractivity (Wildman–Crippen MR) is 46.9 cm³/mol. The van der Waals surface area contributed by atoms with Crippen LogP contribution in [0.4, 0.5) is 14.6 Å². The minimum Gasteiger partial charge on any atom is -0.306 e. The lowest BCUT2D eigenvalue weighted by molar-refractivity contribution is 0.563. The fraction of sp³-hybridized carbons (Fsp3) is 0. The summed E-state index contributed by atoms with van der Waals surface area (Å²) in [6.45, 7) is 0. The SMILES string of the molecule is NNc1nc(-n2cncn2)c(F)cc1F. The van der Waals surface area contributed by atoms with Crippen LogP contribution in [0, 0.1) is 11.6 Å². The van der Waals surface area contributed by atoms with Gasteiger partial charge in [-0.3, -0.25) is 0 Å². The van der Waals surface area contributed by atoms with Crippen molar-refractivity contribution in [3.8, 4) is 5.82 Å². The second-order valence-corrected chi connectivity index (χ2v) is 2.61. The van der Waals surface area contributed by atoms with Gasteiger partial charge in [-0.15, -0.1) is 0 Å². The number of anilines is 1. The normalized spacial score (nSPS) is 10.3. The molecule has 0 bridgehead atoms. The van der Waals surface area contributed by atoms with Gasteiger partial charge in [0.2, 0.25) is 0 Å². The summed E-state index contributed by atoms with van der Waals surface area (Å²) < 4.78 is 27.3. The van der Waals surface area contributed by atoms with Crippen molar-refractivity contribution in [1.82, 2.24) is 19.7 Å². The van der Waals surface area contributed by atoms with Crippen molar-refractivity contribution in [2.75, 3.05) is 5.43 Å². The summed E-state index contributed by atoms with van der Waals surface area (Å²) in [7, 11) is 0. The summed E-state index contributed by atoms with van der Waals surface area (Å²) in [5, 5.41) is 3.66. The maximum absolute atomic E-state index is 13.3. The van der Waals surface area contributed by atoms with Crippen LogP contribution in [0.25, 0.3) is 5.82 Å². The molecule has 0 spiro atoms. The number of rotatable bonds is 2. The molecule has 0 saturated heterocycles. The van der Waals surface area contributed by atoms with E-state index in [1.807, 2.05) is 5.43 Å². The van der Waals surface area contributed by atoms with Gasteiger partial charge in [0.05, 0.1) is 0 Å². The van der Waals surface area contributed by atoms with Crippen molar-refractivity contribution in [3.05, 3.63) is 30.4 Å². The van der Waals surface area contributed by atoms with E-state index in [4.69, 9.17) is 5.84 Å². The Bertz CT molecular complexity index is 469. The molecule has 2 rings (SSSR count). The van der Waals surface area contributed by atoms with Crippen molar-refractivity contribution >= 4 is 5.82 Å². The summed E-state index contributed by atoms with van der Waals surface area (Å²) in [6, 6.07) is 0.666. The molecule has 0 aliphatic carbocycles. The molecular weight excluding hydrogens is 206 g/mol. The molecule has 0 radical (unpaired) electrons. The van der Waals surface area contributed by atoms with Crippen molar-refractivity contribution in [3.63, 3.8) is 0 Å². The quantitative estimate of drug-likeness (QED) is 0.550. The molecule has 0 aliphatic heterocycles. The molecule has 8 heteroatoms. The van der Waals surface area contributed by atoms with E-state index in [2.05, 4.69) is 15.1 Å². The Morgan fingerprint density at radius 3 is 2.73 bits per heavy atom. The number of halogens is 2. The maximum atomic E-state index is 13.3. The van der Waals surface area contributed by atoms with E-state index in [0.717, 1.165) is 4.68 Å². The highest BCUT2D eigenvalue weighted by Crippen LogP contribution is 2.16. The van der Waals surface area contributed by atoms with Gasteiger partial charge in [-0.2, -0.15) is 9.78 Å². The highest BCUT2D eigenvalue weighted by Gasteiger charge is 2.12. The van der Waals surface area contributed by atoms with Gasteiger partial charge in [0.25, 0.3) is 0 Å². The molecule has 0 unspecified atom stereocenters. The van der Waals surface area contributed by atoms with E-state index < -0.39 is 11.6 Å². The van der Waals surface area contributed by atoms with Crippen LogP contribution in [0.3, 0.4) is 0 Å². The van der Waals surface area contributed by atoms with Crippen LogP contribution in [0.2, 0.25) is 0 Å². The fourth-order valence-corrected chi connectivity index (χ4v) is 1.04. The number of hydrogen-bond donors (Lipinski definition) is 2. The number of nitrogens with two attached hydrogens (primary N) is 1. The summed E-state index contributed by atoms with van der Waals surface area (Å²) in [5.41, 5.74) is 2.01. The first-order valence-electron chi connectivity index (χ1n) is 3.90. The molecule has 3 N–H and O–H groups in total. The van der Waals surface area contributed by atoms with E-state index in [0.29, 0.717) is 6.07 Å². The van der Waals surface area contributed by atoms with Crippen LogP contribution < -0.4 is 11.3 Å². The van der Waals surface area contributed by atoms with Crippen LogP contribution in [0.5, 0.6) is 0 Å². The zero-order valence-corrected chi connectivity index (χ0v) is 7.35. The third kappa shape index (κ3) is 1.62. The molecule has 0 aliphatic rings. The highest BCUT2D eigenvalue weighted by molar-refractivity contribution is 5.40. The van der Waals surface area contributed by atoms with Gasteiger partial charge >= 0.3 is 0 Å². The summed E-state index contributed by atoms with van der Waals surface area (Å²) in [4.78, 5) is 7.22. The third-order valence-electron chi connectivity index (χ3n) is 1.68. The van der Waals surface area contributed by atoms with Gasteiger partial charge in [-0.25, -0.2) is 24.6 Å². The lowest BCUT2D eigenvalue weighted by Gasteiger charge is -2.05. The summed E-state index contributed by atoms with van der Waals surface area (Å²) in [6.07, 6.45) is 2.45. The number of nitrogen functional groups attached to an aromatic ring is 1. The zero-order valence-electron chi connectivity index (χ0n) is 7.35. The fourth-order valence-electron chi connectivity index (χ4n) is 1.04. The van der Waals surface area contributed by atoms with Crippen molar-refractivity contribution in [1.29, 1.82) is 0 Å². The second-order valence-electron chi connectivity index (χ2n) is 2.61. The van der Waals surface area contributed by atoms with E-state index in [1.165, 1.54) is 12.7 Å².